The molecule has 1 amide bonds. The number of nitrogens with one attached hydrogen (secondary N) is 1. The number of fused-ring (bicyclic) bond motifs is 2. The van der Waals surface area contributed by atoms with Gasteiger partial charge in [-0.25, -0.2) is 9.97 Å². The van der Waals surface area contributed by atoms with Crippen LogP contribution in [0.1, 0.15) is 152 Å². The number of nitrogens with zero attached hydrogens (tertiary/aromatic N) is 6. The van der Waals surface area contributed by atoms with E-state index in [1.807, 2.05) is 58.9 Å². The number of carbonyl (C=O) groups excluding carboxylic acids is 1. The van der Waals surface area contributed by atoms with Crippen molar-refractivity contribution in [3.8, 4) is 12.1 Å². The number of hydrogen-bond donors (Lipinski definition) is 3. The standard InChI is InChI=1S/C24H36N4O2Si.C12H12N4.C12H26O3Si.CH4/c1-16(24(5,6)30-31(7,8)23(2,3)4)21(29)27-22-26-19-13-12-17(15-25)14-20(19)28(22)18-10-9-11-18;13-7-8-4-5-10-11(6-8)16(12(14)15-10)9-2-1-3-9;1-9(10(13)14)12(5,6)15-16(7,8)11(2,3)4;/h12-14,16,18H,9-11H2,1-8H3,(H,26,27,29);4-6,9H,1-3H2,(H2,14,15);9H,1-8H3,(H,13,14);1H4/t16-;;9-;/m1.1./s1. The zero-order chi connectivity index (χ0) is 47.7. The van der Waals surface area contributed by atoms with Crippen LogP contribution in [0.2, 0.25) is 36.3 Å². The Labute approximate surface area is 385 Å². The molecule has 0 aliphatic heterocycles. The van der Waals surface area contributed by atoms with Crippen molar-refractivity contribution in [3.63, 3.8) is 0 Å². The molecule has 2 aliphatic carbocycles. The van der Waals surface area contributed by atoms with Gasteiger partial charge in [0.1, 0.15) is 0 Å². The van der Waals surface area contributed by atoms with E-state index in [0.29, 0.717) is 35.1 Å². The van der Waals surface area contributed by atoms with Crippen LogP contribution in [0.25, 0.3) is 22.1 Å². The molecular formula is C49H78N8O5Si2. The number of carbonyl (C=O) groups is 2. The van der Waals surface area contributed by atoms with Crippen LogP contribution in [0.15, 0.2) is 36.4 Å². The number of anilines is 2. The highest BCUT2D eigenvalue weighted by molar-refractivity contribution is 6.74. The van der Waals surface area contributed by atoms with Crippen LogP contribution in [-0.2, 0) is 18.4 Å². The third-order valence-corrected chi connectivity index (χ3v) is 23.6. The average Bonchev–Trinajstić information content (AvgIpc) is 3.63. The predicted octanol–water partition coefficient (Wildman–Crippen LogP) is 12.4. The Morgan fingerprint density at radius 3 is 1.50 bits per heavy atom. The van der Waals surface area contributed by atoms with E-state index in [9.17, 15) is 14.9 Å². The Morgan fingerprint density at radius 1 is 0.734 bits per heavy atom. The predicted molar refractivity (Wildman–Crippen MR) is 265 cm³/mol. The van der Waals surface area contributed by atoms with E-state index in [0.717, 1.165) is 47.8 Å². The van der Waals surface area contributed by atoms with Crippen molar-refractivity contribution in [1.82, 2.24) is 19.1 Å². The molecule has 0 saturated heterocycles. The summed E-state index contributed by atoms with van der Waals surface area (Å²) in [5, 5.41) is 30.5. The number of aliphatic carboxylic acids is 1. The summed E-state index contributed by atoms with van der Waals surface area (Å²) >= 11 is 0. The van der Waals surface area contributed by atoms with Crippen molar-refractivity contribution in [2.45, 2.75) is 189 Å². The molecule has 4 aromatic rings. The molecule has 6 rings (SSSR count). The van der Waals surface area contributed by atoms with Gasteiger partial charge in [0.05, 0.1) is 68.4 Å². The molecule has 2 aromatic carbocycles. The van der Waals surface area contributed by atoms with Crippen molar-refractivity contribution < 1.29 is 23.5 Å². The number of carboxylic acid groups (broad SMARTS) is 1. The zero-order valence-corrected chi connectivity index (χ0v) is 42.9. The number of amides is 1. The molecule has 2 aliphatic rings. The van der Waals surface area contributed by atoms with Crippen molar-refractivity contribution in [2.24, 2.45) is 11.8 Å². The molecule has 2 heterocycles. The van der Waals surface area contributed by atoms with Crippen molar-refractivity contribution in [1.29, 1.82) is 10.5 Å². The number of nitriles is 2. The van der Waals surface area contributed by atoms with Crippen LogP contribution in [0, 0.1) is 34.5 Å². The van der Waals surface area contributed by atoms with Crippen LogP contribution in [-0.4, -0.2) is 63.9 Å². The van der Waals surface area contributed by atoms with E-state index in [1.165, 1.54) is 12.8 Å². The number of hydrogen-bond acceptors (Lipinski definition) is 9. The Kier molecular flexibility index (Phi) is 16.7. The van der Waals surface area contributed by atoms with Gasteiger partial charge in [-0.2, -0.15) is 10.5 Å². The van der Waals surface area contributed by atoms with Crippen molar-refractivity contribution in [2.75, 3.05) is 11.1 Å². The first-order chi connectivity index (χ1) is 28.9. The first-order valence-corrected chi connectivity index (χ1v) is 28.2. The van der Waals surface area contributed by atoms with Gasteiger partial charge in [-0.15, -0.1) is 0 Å². The summed E-state index contributed by atoms with van der Waals surface area (Å²) in [5.41, 5.74) is 9.53. The van der Waals surface area contributed by atoms with Gasteiger partial charge >= 0.3 is 5.97 Å². The first-order valence-electron chi connectivity index (χ1n) is 22.4. The van der Waals surface area contributed by atoms with Crippen LogP contribution in [0.3, 0.4) is 0 Å². The highest BCUT2D eigenvalue weighted by atomic mass is 28.4. The molecule has 2 aromatic heterocycles. The summed E-state index contributed by atoms with van der Waals surface area (Å²) in [6.07, 6.45) is 6.85. The molecule has 352 valence electrons. The lowest BCUT2D eigenvalue weighted by Gasteiger charge is -2.44. The van der Waals surface area contributed by atoms with E-state index >= 15 is 0 Å². The van der Waals surface area contributed by atoms with Gasteiger partial charge < -0.3 is 28.8 Å². The first kappa shape index (κ1) is 53.8. The summed E-state index contributed by atoms with van der Waals surface area (Å²) in [5.74, 6) is -0.624. The molecule has 0 radical (unpaired) electrons. The number of rotatable bonds is 11. The SMILES string of the molecule is C.C[C@H](C(=O)Nc1nc2ccc(C#N)cc2n1C1CCC1)C(C)(C)O[Si](C)(C)C(C)(C)C.C[C@H](C(=O)O)C(C)(C)O[Si](C)(C)C(C)(C)C.N#Cc1ccc2nc(N)n(C3CCC3)c2c1. The van der Waals surface area contributed by atoms with Crippen LogP contribution in [0.4, 0.5) is 11.9 Å². The fourth-order valence-corrected chi connectivity index (χ4v) is 10.7. The second-order valence-corrected chi connectivity index (χ2v) is 31.1. The van der Waals surface area contributed by atoms with Gasteiger partial charge in [-0.3, -0.25) is 14.9 Å². The van der Waals surface area contributed by atoms with Gasteiger partial charge in [0.25, 0.3) is 0 Å². The average molecular weight is 915 g/mol. The quantitative estimate of drug-likeness (QED) is 0.122. The molecule has 0 bridgehead atoms. The van der Waals surface area contributed by atoms with Crippen molar-refractivity contribution in [3.05, 3.63) is 47.5 Å². The van der Waals surface area contributed by atoms with E-state index in [1.54, 1.807) is 19.1 Å². The molecule has 13 nitrogen and oxygen atoms in total. The Balaban J connectivity index is 0.000000278. The normalized spacial score (nSPS) is 16.0. The van der Waals surface area contributed by atoms with E-state index in [2.05, 4.69) is 99.3 Å². The minimum atomic E-state index is -2.03. The number of aromatic nitrogens is 4. The Hall–Kier alpha value is -4.55. The highest BCUT2D eigenvalue weighted by Gasteiger charge is 2.46. The monoisotopic (exact) mass is 915 g/mol. The van der Waals surface area contributed by atoms with Gasteiger partial charge in [0.2, 0.25) is 17.8 Å². The van der Waals surface area contributed by atoms with E-state index in [4.69, 9.17) is 29.9 Å². The number of carboxylic acids is 1. The maximum atomic E-state index is 13.3. The molecule has 0 unspecified atom stereocenters. The summed E-state index contributed by atoms with van der Waals surface area (Å²) in [7, 11) is -3.95. The summed E-state index contributed by atoms with van der Waals surface area (Å²) in [6, 6.07) is 16.1. The fraction of sp³-hybridized carbons (Fsp3) is 0.633. The Bertz CT molecular complexity index is 2360. The third kappa shape index (κ3) is 12.0. The smallest absolute Gasteiger partial charge is 0.309 e. The number of nitrogens with two attached hydrogens (primary N) is 1. The van der Waals surface area contributed by atoms with E-state index < -0.39 is 39.7 Å². The lowest BCUT2D eigenvalue weighted by Crippen LogP contribution is -2.52. The lowest BCUT2D eigenvalue weighted by atomic mass is 9.92. The topological polar surface area (TPSA) is 194 Å². The number of nitrogen functional groups attached to an aromatic ring is 1. The largest absolute Gasteiger partial charge is 0.481 e. The van der Waals surface area contributed by atoms with Crippen LogP contribution in [0.5, 0.6) is 0 Å². The highest BCUT2D eigenvalue weighted by Crippen LogP contribution is 2.43. The minimum Gasteiger partial charge on any atom is -0.481 e. The molecule has 64 heavy (non-hydrogen) atoms. The van der Waals surface area contributed by atoms with Crippen LogP contribution >= 0.6 is 0 Å². The molecule has 15 heteroatoms. The second kappa shape index (κ2) is 19.9. The maximum Gasteiger partial charge on any atom is 0.309 e. The Morgan fingerprint density at radius 2 is 1.12 bits per heavy atom. The van der Waals surface area contributed by atoms with Gasteiger partial charge in [-0.05, 0) is 146 Å². The third-order valence-electron chi connectivity index (χ3n) is 14.3. The lowest BCUT2D eigenvalue weighted by molar-refractivity contribution is -0.147. The zero-order valence-electron chi connectivity index (χ0n) is 40.9. The summed E-state index contributed by atoms with van der Waals surface area (Å²) < 4.78 is 17.0. The second-order valence-electron chi connectivity index (χ2n) is 21.6. The summed E-state index contributed by atoms with van der Waals surface area (Å²) in [6.45, 7) is 33.2. The molecule has 2 atom stereocenters. The molecular weight excluding hydrogens is 837 g/mol. The molecule has 0 spiro atoms. The maximum absolute atomic E-state index is 13.3. The molecule has 2 fully saturated rings. The van der Waals surface area contributed by atoms with Gasteiger partial charge in [0.15, 0.2) is 16.6 Å². The number of benzene rings is 2. The minimum absolute atomic E-state index is 0. The van der Waals surface area contributed by atoms with E-state index in [-0.39, 0.29) is 29.3 Å². The number of imidazole rings is 2. The van der Waals surface area contributed by atoms with Crippen LogP contribution < -0.4 is 11.1 Å². The fourth-order valence-electron chi connectivity index (χ4n) is 7.10. The summed E-state index contributed by atoms with van der Waals surface area (Å²) in [4.78, 5) is 33.3. The molecule has 4 N–H and O–H groups in total. The van der Waals surface area contributed by atoms with Crippen molar-refractivity contribution >= 4 is 62.5 Å². The van der Waals surface area contributed by atoms with Gasteiger partial charge in [-0.1, -0.05) is 55.9 Å². The molecule has 2 saturated carbocycles. The van der Waals surface area contributed by atoms with Gasteiger partial charge in [0, 0.05) is 12.1 Å².